The number of rotatable bonds is 2. The lowest BCUT2D eigenvalue weighted by Crippen LogP contribution is -2.34. The Bertz CT molecular complexity index is 476. The van der Waals surface area contributed by atoms with Crippen molar-refractivity contribution in [3.63, 3.8) is 0 Å². The summed E-state index contributed by atoms with van der Waals surface area (Å²) in [6.07, 6.45) is 0.990. The summed E-state index contributed by atoms with van der Waals surface area (Å²) in [5.41, 5.74) is 8.04. The fourth-order valence-corrected chi connectivity index (χ4v) is 2.90. The zero-order chi connectivity index (χ0) is 14.0. The summed E-state index contributed by atoms with van der Waals surface area (Å²) in [7, 11) is 1.86. The number of carbonyl (C=O) groups excluding carboxylic acids is 1. The zero-order valence-corrected chi connectivity index (χ0v) is 13.0. The number of nitrogens with two attached hydrogens (primary N) is 1. The van der Waals surface area contributed by atoms with Crippen LogP contribution < -0.4 is 10.6 Å². The maximum atomic E-state index is 11.9. The highest BCUT2D eigenvalue weighted by atomic mass is 79.9. The maximum absolute atomic E-state index is 11.9. The number of benzene rings is 1. The van der Waals surface area contributed by atoms with Crippen LogP contribution in [0.15, 0.2) is 22.7 Å². The van der Waals surface area contributed by atoms with Gasteiger partial charge in [0.25, 0.3) is 0 Å². The molecule has 1 fully saturated rings. The molecule has 1 heterocycles. The van der Waals surface area contributed by atoms with Gasteiger partial charge in [0, 0.05) is 30.7 Å². The highest BCUT2D eigenvalue weighted by Gasteiger charge is 2.20. The fraction of sp³-hybridized carbons (Fsp3) is 0.500. The van der Waals surface area contributed by atoms with E-state index in [0.717, 1.165) is 35.2 Å². The van der Waals surface area contributed by atoms with Gasteiger partial charge in [0.05, 0.1) is 12.2 Å². The first-order valence-electron chi connectivity index (χ1n) is 6.53. The number of hydrogen-bond donors (Lipinski definition) is 1. The number of carbonyl (C=O) groups is 1. The van der Waals surface area contributed by atoms with Crippen LogP contribution in [0, 0.1) is 0 Å². The van der Waals surface area contributed by atoms with Gasteiger partial charge in [-0.2, -0.15) is 0 Å². The van der Waals surface area contributed by atoms with Crippen LogP contribution in [-0.4, -0.2) is 37.5 Å². The number of hydrogen-bond acceptors (Lipinski definition) is 3. The van der Waals surface area contributed by atoms with Crippen LogP contribution in [0.5, 0.6) is 0 Å². The molecule has 1 aromatic carbocycles. The monoisotopic (exact) mass is 325 g/mol. The molecule has 0 spiro atoms. The molecule has 5 heteroatoms. The minimum atomic E-state index is 0.0160. The number of amides is 1. The molecule has 0 unspecified atom stereocenters. The first-order chi connectivity index (χ1) is 8.99. The molecule has 1 aromatic rings. The van der Waals surface area contributed by atoms with E-state index in [-0.39, 0.29) is 11.9 Å². The van der Waals surface area contributed by atoms with Crippen molar-refractivity contribution in [3.05, 3.63) is 28.2 Å². The van der Waals surface area contributed by atoms with Gasteiger partial charge in [-0.25, -0.2) is 0 Å². The average Bonchev–Trinajstić information content (AvgIpc) is 2.52. The van der Waals surface area contributed by atoms with Crippen LogP contribution in [0.3, 0.4) is 0 Å². The van der Waals surface area contributed by atoms with Crippen LogP contribution >= 0.6 is 15.9 Å². The smallest absolute Gasteiger partial charge is 0.241 e. The normalized spacial score (nSPS) is 18.4. The molecule has 2 N–H and O–H groups in total. The van der Waals surface area contributed by atoms with Crippen molar-refractivity contribution < 1.29 is 4.79 Å². The van der Waals surface area contributed by atoms with E-state index in [0.29, 0.717) is 6.54 Å². The van der Waals surface area contributed by atoms with E-state index in [4.69, 9.17) is 5.73 Å². The Kier molecular flexibility index (Phi) is 4.47. The third-order valence-corrected chi connectivity index (χ3v) is 4.15. The highest BCUT2D eigenvalue weighted by molar-refractivity contribution is 9.10. The third-order valence-electron chi connectivity index (χ3n) is 3.51. The van der Waals surface area contributed by atoms with Crippen molar-refractivity contribution in [1.82, 2.24) is 4.90 Å². The minimum absolute atomic E-state index is 0.0160. The SMILES string of the molecule is C[C@H](N)c1ccc(N2CCCN(C)C(=O)C2)c(Br)c1. The quantitative estimate of drug-likeness (QED) is 0.906. The highest BCUT2D eigenvalue weighted by Crippen LogP contribution is 2.29. The summed E-state index contributed by atoms with van der Waals surface area (Å²) >= 11 is 3.59. The van der Waals surface area contributed by atoms with E-state index < -0.39 is 0 Å². The van der Waals surface area contributed by atoms with Gasteiger partial charge in [0.1, 0.15) is 0 Å². The lowest BCUT2D eigenvalue weighted by atomic mass is 10.1. The summed E-state index contributed by atoms with van der Waals surface area (Å²) in [6, 6.07) is 6.13. The molecule has 0 saturated carbocycles. The van der Waals surface area contributed by atoms with Crippen LogP contribution in [0.2, 0.25) is 0 Å². The predicted octanol–water partition coefficient (Wildman–Crippen LogP) is 2.14. The second-order valence-electron chi connectivity index (χ2n) is 5.09. The number of nitrogens with zero attached hydrogens (tertiary/aromatic N) is 2. The molecule has 0 aromatic heterocycles. The van der Waals surface area contributed by atoms with E-state index in [1.165, 1.54) is 0 Å². The Hall–Kier alpha value is -1.07. The van der Waals surface area contributed by atoms with Gasteiger partial charge in [-0.1, -0.05) is 6.07 Å². The summed E-state index contributed by atoms with van der Waals surface area (Å²) < 4.78 is 1.000. The lowest BCUT2D eigenvalue weighted by Gasteiger charge is -2.24. The number of halogens is 1. The van der Waals surface area contributed by atoms with Gasteiger partial charge in [-0.05, 0) is 47.0 Å². The van der Waals surface area contributed by atoms with Crippen LogP contribution in [0.4, 0.5) is 5.69 Å². The van der Waals surface area contributed by atoms with Gasteiger partial charge < -0.3 is 15.5 Å². The van der Waals surface area contributed by atoms with Gasteiger partial charge >= 0.3 is 0 Å². The average molecular weight is 326 g/mol. The molecule has 2 rings (SSSR count). The predicted molar refractivity (Wildman–Crippen MR) is 81.2 cm³/mol. The van der Waals surface area contributed by atoms with Crippen molar-refractivity contribution >= 4 is 27.5 Å². The van der Waals surface area contributed by atoms with Gasteiger partial charge in [-0.3, -0.25) is 4.79 Å². The standard InChI is InChI=1S/C14H20BrN3O/c1-10(16)11-4-5-13(12(15)8-11)18-7-3-6-17(2)14(19)9-18/h4-5,8,10H,3,6-7,9,16H2,1-2H3/t10-/m0/s1. The Morgan fingerprint density at radius 2 is 2.11 bits per heavy atom. The van der Waals surface area contributed by atoms with Gasteiger partial charge in [0.15, 0.2) is 0 Å². The van der Waals surface area contributed by atoms with Crippen LogP contribution in [0.1, 0.15) is 24.9 Å². The van der Waals surface area contributed by atoms with Gasteiger partial charge in [-0.15, -0.1) is 0 Å². The van der Waals surface area contributed by atoms with E-state index >= 15 is 0 Å². The molecule has 1 atom stereocenters. The summed E-state index contributed by atoms with van der Waals surface area (Å²) in [6.45, 7) is 4.12. The summed E-state index contributed by atoms with van der Waals surface area (Å²) in [5.74, 6) is 0.167. The first-order valence-corrected chi connectivity index (χ1v) is 7.32. The molecule has 0 aliphatic carbocycles. The molecule has 19 heavy (non-hydrogen) atoms. The van der Waals surface area contributed by atoms with Crippen molar-refractivity contribution in [2.24, 2.45) is 5.73 Å². The minimum Gasteiger partial charge on any atom is -0.361 e. The Balaban J connectivity index is 2.24. The Morgan fingerprint density at radius 1 is 1.37 bits per heavy atom. The zero-order valence-electron chi connectivity index (χ0n) is 11.4. The van der Waals surface area contributed by atoms with Crippen molar-refractivity contribution in [2.75, 3.05) is 31.6 Å². The molecule has 0 radical (unpaired) electrons. The van der Waals surface area contributed by atoms with Crippen molar-refractivity contribution in [3.8, 4) is 0 Å². The van der Waals surface area contributed by atoms with Crippen molar-refractivity contribution in [2.45, 2.75) is 19.4 Å². The second-order valence-corrected chi connectivity index (χ2v) is 5.94. The second kappa shape index (κ2) is 5.92. The third kappa shape index (κ3) is 3.28. The van der Waals surface area contributed by atoms with E-state index in [1.54, 1.807) is 4.90 Å². The topological polar surface area (TPSA) is 49.6 Å². The lowest BCUT2D eigenvalue weighted by molar-refractivity contribution is -0.127. The molecule has 4 nitrogen and oxygen atoms in total. The van der Waals surface area contributed by atoms with E-state index in [1.807, 2.05) is 32.2 Å². The summed E-state index contributed by atoms with van der Waals surface area (Å²) in [4.78, 5) is 15.9. The Labute approximate surface area is 122 Å². The number of anilines is 1. The summed E-state index contributed by atoms with van der Waals surface area (Å²) in [5, 5.41) is 0. The molecule has 0 bridgehead atoms. The molecular weight excluding hydrogens is 306 g/mol. The maximum Gasteiger partial charge on any atom is 0.241 e. The van der Waals surface area contributed by atoms with E-state index in [2.05, 4.69) is 20.8 Å². The molecule has 1 amide bonds. The number of likely N-dealkylation sites (N-methyl/N-ethyl adjacent to an activating group) is 1. The fourth-order valence-electron chi connectivity index (χ4n) is 2.25. The van der Waals surface area contributed by atoms with Crippen molar-refractivity contribution in [1.29, 1.82) is 0 Å². The van der Waals surface area contributed by atoms with Crippen LogP contribution in [-0.2, 0) is 4.79 Å². The molecule has 1 aliphatic heterocycles. The first kappa shape index (κ1) is 14.3. The molecule has 1 aliphatic rings. The van der Waals surface area contributed by atoms with E-state index in [9.17, 15) is 4.79 Å². The molecular formula is C14H20BrN3O. The molecule has 104 valence electrons. The van der Waals surface area contributed by atoms with Crippen LogP contribution in [0.25, 0.3) is 0 Å². The molecule has 1 saturated heterocycles. The Morgan fingerprint density at radius 3 is 2.74 bits per heavy atom. The van der Waals surface area contributed by atoms with Gasteiger partial charge in [0.2, 0.25) is 5.91 Å². The largest absolute Gasteiger partial charge is 0.361 e.